The zero-order valence-corrected chi connectivity index (χ0v) is 13.2. The van der Waals surface area contributed by atoms with Crippen molar-refractivity contribution in [1.82, 2.24) is 9.34 Å². The lowest BCUT2D eigenvalue weighted by Crippen LogP contribution is -2.13. The summed E-state index contributed by atoms with van der Waals surface area (Å²) in [5.74, 6) is 0.690. The summed E-state index contributed by atoms with van der Waals surface area (Å²) in [5, 5.41) is 2.28. The summed E-state index contributed by atoms with van der Waals surface area (Å²) >= 11 is 0. The minimum atomic E-state index is -2.89. The van der Waals surface area contributed by atoms with Crippen LogP contribution >= 0.6 is 7.67 Å². The van der Waals surface area contributed by atoms with E-state index in [0.29, 0.717) is 17.8 Å². The maximum atomic E-state index is 13.3. The first-order valence-electron chi connectivity index (χ1n) is 7.40. The van der Waals surface area contributed by atoms with E-state index >= 15 is 0 Å². The van der Waals surface area contributed by atoms with Gasteiger partial charge in [-0.3, -0.25) is 0 Å². The molecule has 2 fully saturated rings. The zero-order chi connectivity index (χ0) is 14.6. The van der Waals surface area contributed by atoms with Crippen LogP contribution in [0.4, 0.5) is 0 Å². The van der Waals surface area contributed by atoms with Crippen LogP contribution in [0.2, 0.25) is 0 Å². The van der Waals surface area contributed by atoms with Crippen molar-refractivity contribution in [2.24, 2.45) is 0 Å². The molecule has 2 saturated heterocycles. The summed E-state index contributed by atoms with van der Waals surface area (Å²) < 4.78 is 23.3. The van der Waals surface area contributed by atoms with Crippen LogP contribution in [0.25, 0.3) is 10.8 Å². The smallest absolute Gasteiger partial charge is 0.396 e. The van der Waals surface area contributed by atoms with Crippen LogP contribution in [0.15, 0.2) is 42.5 Å². The molecule has 0 bridgehead atoms. The molecule has 0 aromatic heterocycles. The van der Waals surface area contributed by atoms with E-state index in [-0.39, 0.29) is 0 Å². The Kier molecular flexibility index (Phi) is 2.90. The van der Waals surface area contributed by atoms with Gasteiger partial charge in [-0.15, -0.1) is 0 Å². The van der Waals surface area contributed by atoms with E-state index in [1.807, 2.05) is 45.7 Å². The highest BCUT2D eigenvalue weighted by molar-refractivity contribution is 7.55. The van der Waals surface area contributed by atoms with Crippen LogP contribution < -0.4 is 4.52 Å². The Labute approximate surface area is 124 Å². The second-order valence-electron chi connectivity index (χ2n) is 6.03. The molecular formula is C16H19N2O2P. The standard InChI is InChI=1S/C16H19N2O2P/c1-12-10-17(12)21(19,18-11-13(18)2)20-16-8-7-14-5-3-4-6-15(14)9-16/h3-9,12-13H,10-11H2,1-2H3/t12-,13+,17?,18?,21?. The first-order chi connectivity index (χ1) is 10.1. The van der Waals surface area contributed by atoms with Crippen LogP contribution in [-0.2, 0) is 4.57 Å². The molecule has 0 aliphatic carbocycles. The third kappa shape index (κ3) is 2.28. The van der Waals surface area contributed by atoms with Gasteiger partial charge >= 0.3 is 7.67 Å². The predicted molar refractivity (Wildman–Crippen MR) is 84.5 cm³/mol. The van der Waals surface area contributed by atoms with Gasteiger partial charge < -0.3 is 4.52 Å². The summed E-state index contributed by atoms with van der Waals surface area (Å²) in [5.41, 5.74) is 0. The van der Waals surface area contributed by atoms with Crippen molar-refractivity contribution in [2.75, 3.05) is 13.1 Å². The van der Waals surface area contributed by atoms with Gasteiger partial charge in [0, 0.05) is 25.2 Å². The summed E-state index contributed by atoms with van der Waals surface area (Å²) in [7, 11) is -2.89. The normalized spacial score (nSPS) is 33.4. The van der Waals surface area contributed by atoms with Gasteiger partial charge in [0.05, 0.1) is 0 Å². The topological polar surface area (TPSA) is 32.3 Å². The van der Waals surface area contributed by atoms with E-state index in [2.05, 4.69) is 19.9 Å². The molecule has 4 nitrogen and oxygen atoms in total. The van der Waals surface area contributed by atoms with E-state index in [1.54, 1.807) is 0 Å². The molecule has 2 aromatic rings. The van der Waals surface area contributed by atoms with Crippen molar-refractivity contribution in [3.8, 4) is 5.75 Å². The predicted octanol–water partition coefficient (Wildman–Crippen LogP) is 3.73. The van der Waals surface area contributed by atoms with Crippen LogP contribution in [0.1, 0.15) is 13.8 Å². The molecule has 2 aliphatic rings. The number of benzene rings is 2. The molecule has 2 heterocycles. The molecular weight excluding hydrogens is 283 g/mol. The average molecular weight is 302 g/mol. The zero-order valence-electron chi connectivity index (χ0n) is 12.3. The van der Waals surface area contributed by atoms with E-state index in [1.165, 1.54) is 5.39 Å². The Morgan fingerprint density at radius 3 is 2.14 bits per heavy atom. The molecule has 0 radical (unpaired) electrons. The molecule has 5 heteroatoms. The number of hydrogen-bond donors (Lipinski definition) is 0. The second-order valence-corrected chi connectivity index (χ2v) is 8.22. The lowest BCUT2D eigenvalue weighted by molar-refractivity contribution is 0.400. The molecule has 21 heavy (non-hydrogen) atoms. The minimum Gasteiger partial charge on any atom is -0.422 e. The summed E-state index contributed by atoms with van der Waals surface area (Å²) in [4.78, 5) is 0. The lowest BCUT2D eigenvalue weighted by Gasteiger charge is -2.22. The molecule has 2 aliphatic heterocycles. The minimum absolute atomic E-state index is 0.351. The fourth-order valence-corrected chi connectivity index (χ4v) is 5.54. The molecule has 5 atom stereocenters. The van der Waals surface area contributed by atoms with Crippen LogP contribution in [0.3, 0.4) is 0 Å². The van der Waals surface area contributed by atoms with Crippen molar-refractivity contribution >= 4 is 18.4 Å². The molecule has 0 spiro atoms. The van der Waals surface area contributed by atoms with Crippen molar-refractivity contribution < 1.29 is 9.09 Å². The Hall–Kier alpha value is -1.35. The molecule has 0 saturated carbocycles. The highest BCUT2D eigenvalue weighted by Gasteiger charge is 2.57. The lowest BCUT2D eigenvalue weighted by atomic mass is 10.1. The second kappa shape index (κ2) is 4.57. The van der Waals surface area contributed by atoms with Crippen molar-refractivity contribution in [2.45, 2.75) is 25.9 Å². The third-order valence-electron chi connectivity index (χ3n) is 4.25. The number of nitrogens with zero attached hydrogens (tertiary/aromatic N) is 2. The van der Waals surface area contributed by atoms with E-state index < -0.39 is 7.67 Å². The highest BCUT2D eigenvalue weighted by Crippen LogP contribution is 2.64. The summed E-state index contributed by atoms with van der Waals surface area (Å²) in [6.07, 6.45) is 0. The average Bonchev–Trinajstić information content (AvgIpc) is 3.37. The van der Waals surface area contributed by atoms with Gasteiger partial charge in [-0.2, -0.15) is 0 Å². The van der Waals surface area contributed by atoms with E-state index in [9.17, 15) is 4.57 Å². The highest BCUT2D eigenvalue weighted by atomic mass is 31.2. The van der Waals surface area contributed by atoms with Gasteiger partial charge in [-0.05, 0) is 36.8 Å². The molecule has 4 rings (SSSR count). The van der Waals surface area contributed by atoms with Gasteiger partial charge in [0.25, 0.3) is 0 Å². The molecule has 3 unspecified atom stereocenters. The first kappa shape index (κ1) is 13.3. The Bertz CT molecular complexity index is 728. The SMILES string of the molecule is C[C@@H]1CN1P(=O)(Oc1ccc2ccccc2c1)N1C[C@@H]1C. The van der Waals surface area contributed by atoms with Gasteiger partial charge in [0.15, 0.2) is 0 Å². The van der Waals surface area contributed by atoms with E-state index in [4.69, 9.17) is 4.52 Å². The maximum Gasteiger partial charge on any atom is 0.396 e. The largest absolute Gasteiger partial charge is 0.422 e. The summed E-state index contributed by atoms with van der Waals surface area (Å²) in [6.45, 7) is 5.89. The summed E-state index contributed by atoms with van der Waals surface area (Å²) in [6, 6.07) is 14.7. The van der Waals surface area contributed by atoms with Crippen LogP contribution in [-0.4, -0.2) is 34.5 Å². The van der Waals surface area contributed by atoms with Crippen molar-refractivity contribution in [3.63, 3.8) is 0 Å². The van der Waals surface area contributed by atoms with Gasteiger partial charge in [-0.1, -0.05) is 30.3 Å². The number of fused-ring (bicyclic) bond motifs is 1. The Morgan fingerprint density at radius 1 is 1.00 bits per heavy atom. The first-order valence-corrected chi connectivity index (χ1v) is 8.94. The van der Waals surface area contributed by atoms with Crippen LogP contribution in [0.5, 0.6) is 5.75 Å². The van der Waals surface area contributed by atoms with Gasteiger partial charge in [-0.25, -0.2) is 13.9 Å². The number of rotatable bonds is 4. The molecule has 110 valence electrons. The van der Waals surface area contributed by atoms with Crippen molar-refractivity contribution in [3.05, 3.63) is 42.5 Å². The fraction of sp³-hybridized carbons (Fsp3) is 0.375. The number of hydrogen-bond acceptors (Lipinski definition) is 2. The van der Waals surface area contributed by atoms with Crippen LogP contribution in [0, 0.1) is 0 Å². The maximum absolute atomic E-state index is 13.3. The van der Waals surface area contributed by atoms with E-state index in [0.717, 1.165) is 18.5 Å². The monoisotopic (exact) mass is 302 g/mol. The fourth-order valence-electron chi connectivity index (χ4n) is 2.77. The molecule has 0 N–H and O–H groups in total. The van der Waals surface area contributed by atoms with Gasteiger partial charge in [0.2, 0.25) is 0 Å². The third-order valence-corrected chi connectivity index (χ3v) is 7.11. The Balaban J connectivity index is 1.66. The molecule has 0 amide bonds. The quantitative estimate of drug-likeness (QED) is 0.636. The van der Waals surface area contributed by atoms with Crippen molar-refractivity contribution in [1.29, 1.82) is 0 Å². The molecule has 2 aromatic carbocycles. The Morgan fingerprint density at radius 2 is 1.57 bits per heavy atom. The van der Waals surface area contributed by atoms with Gasteiger partial charge in [0.1, 0.15) is 5.75 Å².